The molecule has 0 aromatic rings. The van der Waals surface area contributed by atoms with E-state index in [-0.39, 0.29) is 22.9 Å². The van der Waals surface area contributed by atoms with E-state index in [0.717, 1.165) is 25.7 Å². The highest BCUT2D eigenvalue weighted by molar-refractivity contribution is 5.80. The van der Waals surface area contributed by atoms with E-state index in [9.17, 15) is 15.0 Å². The minimum absolute atomic E-state index is 0.0518. The molecule has 8 atom stereocenters. The van der Waals surface area contributed by atoms with Crippen LogP contribution in [0.2, 0.25) is 0 Å². The first kappa shape index (κ1) is 20.8. The molecule has 0 amide bonds. The van der Waals surface area contributed by atoms with Crippen molar-refractivity contribution in [3.8, 4) is 0 Å². The summed E-state index contributed by atoms with van der Waals surface area (Å²) in [4.78, 5) is 12.3. The lowest BCUT2D eigenvalue weighted by molar-refractivity contribution is -0.182. The van der Waals surface area contributed by atoms with Gasteiger partial charge in [0.1, 0.15) is 5.78 Å². The Bertz CT molecular complexity index is 642. The predicted octanol–water partition coefficient (Wildman–Crippen LogP) is 4.98. The number of hydrogen-bond donors (Lipinski definition) is 2. The quantitative estimate of drug-likeness (QED) is 0.714. The third-order valence-electron chi connectivity index (χ3n) is 10.9. The number of rotatable bonds is 3. The van der Waals surface area contributed by atoms with Gasteiger partial charge in [0, 0.05) is 19.4 Å². The molecule has 3 nitrogen and oxygen atoms in total. The van der Waals surface area contributed by atoms with Gasteiger partial charge in [-0.2, -0.15) is 0 Å². The zero-order valence-corrected chi connectivity index (χ0v) is 18.8. The van der Waals surface area contributed by atoms with Crippen molar-refractivity contribution in [2.45, 2.75) is 98.0 Å². The van der Waals surface area contributed by atoms with Crippen molar-refractivity contribution in [2.24, 2.45) is 45.8 Å². The van der Waals surface area contributed by atoms with Crippen molar-refractivity contribution in [2.75, 3.05) is 6.61 Å². The Morgan fingerprint density at radius 1 is 1.04 bits per heavy atom. The van der Waals surface area contributed by atoms with Crippen molar-refractivity contribution in [1.82, 2.24) is 0 Å². The lowest BCUT2D eigenvalue weighted by Crippen LogP contribution is -2.59. The SMILES string of the molecule is C[C@H]1CC(=O)C[C@@H]2CC[C@@H]3[C@H](CC[C@@]4(C)[C@H]3CC(C)(C)[C@@]4(O)CCCO)[C@]21C. The molecule has 0 saturated heterocycles. The molecule has 4 saturated carbocycles. The molecular weight excluding hydrogens is 348 g/mol. The van der Waals surface area contributed by atoms with E-state index in [1.54, 1.807) is 0 Å². The van der Waals surface area contributed by atoms with Gasteiger partial charge in [-0.15, -0.1) is 0 Å². The third kappa shape index (κ3) is 2.51. The number of carbonyl (C=O) groups excluding carboxylic acids is 1. The van der Waals surface area contributed by atoms with Crippen molar-refractivity contribution in [3.05, 3.63) is 0 Å². The maximum atomic E-state index is 12.3. The smallest absolute Gasteiger partial charge is 0.133 e. The number of carbonyl (C=O) groups is 1. The number of aliphatic hydroxyl groups excluding tert-OH is 1. The monoisotopic (exact) mass is 390 g/mol. The first-order valence-corrected chi connectivity index (χ1v) is 11.9. The highest BCUT2D eigenvalue weighted by Crippen LogP contribution is 2.72. The molecule has 0 unspecified atom stereocenters. The molecule has 0 aromatic carbocycles. The van der Waals surface area contributed by atoms with Crippen LogP contribution in [0.15, 0.2) is 0 Å². The standard InChI is InChI=1S/C25H42O3/c1-16-13-18(27)14-17-7-8-19-20(24(16,17)5)9-11-23(4)21(19)15-22(2,3)25(23,28)10-6-12-26/h16-17,19-21,26,28H,6-15H2,1-5H3/t16-,17-,19+,20-,21-,23-,24-,25-/m0/s1. The van der Waals surface area contributed by atoms with Crippen molar-refractivity contribution < 1.29 is 15.0 Å². The average Bonchev–Trinajstić information content (AvgIpc) is 2.78. The largest absolute Gasteiger partial charge is 0.396 e. The Hall–Kier alpha value is -0.410. The second-order valence-corrected chi connectivity index (χ2v) is 12.1. The zero-order chi connectivity index (χ0) is 20.5. The van der Waals surface area contributed by atoms with E-state index in [0.29, 0.717) is 48.2 Å². The molecule has 28 heavy (non-hydrogen) atoms. The van der Waals surface area contributed by atoms with E-state index in [2.05, 4.69) is 34.6 Å². The van der Waals surface area contributed by atoms with Crippen LogP contribution in [0.1, 0.15) is 92.4 Å². The van der Waals surface area contributed by atoms with Crippen LogP contribution in [0.4, 0.5) is 0 Å². The number of fused-ring (bicyclic) bond motifs is 5. The van der Waals surface area contributed by atoms with Gasteiger partial charge in [0.05, 0.1) is 5.60 Å². The van der Waals surface area contributed by atoms with Crippen LogP contribution in [0.5, 0.6) is 0 Å². The highest BCUT2D eigenvalue weighted by Gasteiger charge is 2.70. The number of hydrogen-bond acceptors (Lipinski definition) is 3. The van der Waals surface area contributed by atoms with Crippen LogP contribution in [0, 0.1) is 45.8 Å². The van der Waals surface area contributed by atoms with Crippen LogP contribution in [-0.4, -0.2) is 28.2 Å². The Morgan fingerprint density at radius 3 is 2.43 bits per heavy atom. The second-order valence-electron chi connectivity index (χ2n) is 12.1. The molecule has 160 valence electrons. The second kappa shape index (κ2) is 6.54. The summed E-state index contributed by atoms with van der Waals surface area (Å²) in [5, 5.41) is 21.5. The van der Waals surface area contributed by atoms with Gasteiger partial charge in [-0.3, -0.25) is 4.79 Å². The normalized spacial score (nSPS) is 52.7. The summed E-state index contributed by atoms with van der Waals surface area (Å²) in [6, 6.07) is 0. The molecule has 0 heterocycles. The van der Waals surface area contributed by atoms with Crippen LogP contribution in [0.25, 0.3) is 0 Å². The predicted molar refractivity (Wildman–Crippen MR) is 112 cm³/mol. The van der Waals surface area contributed by atoms with Gasteiger partial charge in [0.15, 0.2) is 0 Å². The van der Waals surface area contributed by atoms with Crippen molar-refractivity contribution >= 4 is 5.78 Å². The summed E-state index contributed by atoms with van der Waals surface area (Å²) < 4.78 is 0. The fourth-order valence-electron chi connectivity index (χ4n) is 9.14. The molecule has 4 fully saturated rings. The van der Waals surface area contributed by atoms with Gasteiger partial charge >= 0.3 is 0 Å². The topological polar surface area (TPSA) is 57.5 Å². The lowest BCUT2D eigenvalue weighted by atomic mass is 9.42. The van der Waals surface area contributed by atoms with Crippen LogP contribution in [-0.2, 0) is 4.79 Å². The summed E-state index contributed by atoms with van der Waals surface area (Å²) in [5.41, 5.74) is -0.565. The maximum absolute atomic E-state index is 12.3. The first-order valence-electron chi connectivity index (χ1n) is 11.9. The van der Waals surface area contributed by atoms with Gasteiger partial charge in [-0.1, -0.05) is 34.6 Å². The van der Waals surface area contributed by atoms with Gasteiger partial charge < -0.3 is 10.2 Å². The van der Waals surface area contributed by atoms with Gasteiger partial charge in [0.25, 0.3) is 0 Å². The fourth-order valence-corrected chi connectivity index (χ4v) is 9.14. The molecule has 0 aliphatic heterocycles. The molecule has 0 radical (unpaired) electrons. The van der Waals surface area contributed by atoms with Gasteiger partial charge in [-0.05, 0) is 90.8 Å². The summed E-state index contributed by atoms with van der Waals surface area (Å²) in [5.74, 6) is 3.47. The molecule has 4 rings (SSSR count). The molecule has 0 bridgehead atoms. The number of ketones is 1. The van der Waals surface area contributed by atoms with E-state index >= 15 is 0 Å². The molecular formula is C25H42O3. The minimum Gasteiger partial charge on any atom is -0.396 e. The summed E-state index contributed by atoms with van der Waals surface area (Å²) in [6.07, 6.45) is 8.78. The highest BCUT2D eigenvalue weighted by atomic mass is 16.3. The van der Waals surface area contributed by atoms with Crippen LogP contribution in [0.3, 0.4) is 0 Å². The van der Waals surface area contributed by atoms with Crippen LogP contribution < -0.4 is 0 Å². The lowest BCUT2D eigenvalue weighted by Gasteiger charge is -2.63. The van der Waals surface area contributed by atoms with Gasteiger partial charge in [-0.25, -0.2) is 0 Å². The van der Waals surface area contributed by atoms with Gasteiger partial charge in [0.2, 0.25) is 0 Å². The summed E-state index contributed by atoms with van der Waals surface area (Å²) in [6.45, 7) is 11.9. The molecule has 4 aliphatic rings. The zero-order valence-electron chi connectivity index (χ0n) is 18.8. The number of aliphatic hydroxyl groups is 2. The van der Waals surface area contributed by atoms with E-state index < -0.39 is 5.60 Å². The fraction of sp³-hybridized carbons (Fsp3) is 0.960. The van der Waals surface area contributed by atoms with E-state index in [1.807, 2.05) is 0 Å². The Labute approximate surface area is 171 Å². The van der Waals surface area contributed by atoms with Crippen molar-refractivity contribution in [1.29, 1.82) is 0 Å². The molecule has 2 N–H and O–H groups in total. The summed E-state index contributed by atoms with van der Waals surface area (Å²) in [7, 11) is 0. The van der Waals surface area contributed by atoms with E-state index in [4.69, 9.17) is 0 Å². The molecule has 3 heteroatoms. The van der Waals surface area contributed by atoms with Crippen LogP contribution >= 0.6 is 0 Å². The molecule has 0 spiro atoms. The minimum atomic E-state index is -0.690. The Kier molecular flexibility index (Phi) is 4.87. The average molecular weight is 391 g/mol. The molecule has 4 aliphatic carbocycles. The maximum Gasteiger partial charge on any atom is 0.133 e. The number of Topliss-reactive ketones (excluding diaryl/α,β-unsaturated/α-hetero) is 1. The third-order valence-corrected chi connectivity index (χ3v) is 10.9. The van der Waals surface area contributed by atoms with E-state index in [1.165, 1.54) is 19.3 Å². The van der Waals surface area contributed by atoms with Crippen molar-refractivity contribution in [3.63, 3.8) is 0 Å². The Morgan fingerprint density at radius 2 is 1.75 bits per heavy atom. The Balaban J connectivity index is 1.68. The summed E-state index contributed by atoms with van der Waals surface area (Å²) >= 11 is 0. The molecule has 0 aromatic heterocycles. The first-order chi connectivity index (χ1) is 13.0.